The number of nitrogens with one attached hydrogen (secondary N) is 1. The summed E-state index contributed by atoms with van der Waals surface area (Å²) < 4.78 is 26.5. The fourth-order valence-electron chi connectivity index (χ4n) is 1.30. The quantitative estimate of drug-likeness (QED) is 0.879. The Morgan fingerprint density at radius 2 is 1.88 bits per heavy atom. The monoisotopic (exact) mass is 241 g/mol. The Labute approximate surface area is 97.9 Å². The second-order valence-corrected chi connectivity index (χ2v) is 5.89. The summed E-state index contributed by atoms with van der Waals surface area (Å²) in [6.07, 6.45) is 0.782. The third-order valence-corrected chi connectivity index (χ3v) is 4.34. The van der Waals surface area contributed by atoms with Crippen LogP contribution >= 0.6 is 0 Å². The number of benzene rings is 1. The lowest BCUT2D eigenvalue weighted by Gasteiger charge is -2.12. The van der Waals surface area contributed by atoms with Gasteiger partial charge in [-0.3, -0.25) is 0 Å². The van der Waals surface area contributed by atoms with Crippen LogP contribution in [-0.4, -0.2) is 14.5 Å². The molecule has 0 saturated heterocycles. The fraction of sp³-hybridized carbons (Fsp3) is 0.500. The molecule has 0 fully saturated rings. The summed E-state index contributed by atoms with van der Waals surface area (Å²) >= 11 is 0. The second kappa shape index (κ2) is 4.97. The van der Waals surface area contributed by atoms with E-state index < -0.39 is 10.0 Å². The Morgan fingerprint density at radius 1 is 1.25 bits per heavy atom. The highest BCUT2D eigenvalue weighted by Crippen LogP contribution is 2.15. The van der Waals surface area contributed by atoms with Gasteiger partial charge in [-0.25, -0.2) is 13.1 Å². The minimum atomic E-state index is -3.36. The normalized spacial score (nSPS) is 13.8. The summed E-state index contributed by atoms with van der Waals surface area (Å²) in [5.74, 6) is 0. The van der Waals surface area contributed by atoms with E-state index in [4.69, 9.17) is 0 Å². The number of sulfonamides is 1. The van der Waals surface area contributed by atoms with Gasteiger partial charge in [0.05, 0.1) is 4.90 Å². The molecule has 0 aromatic heterocycles. The van der Waals surface area contributed by atoms with E-state index in [9.17, 15) is 8.42 Å². The van der Waals surface area contributed by atoms with Gasteiger partial charge in [-0.2, -0.15) is 0 Å². The van der Waals surface area contributed by atoms with E-state index in [1.165, 1.54) is 0 Å². The molecule has 1 atom stereocenters. The molecule has 0 aliphatic heterocycles. The molecule has 0 saturated carbocycles. The molecule has 0 radical (unpaired) electrons. The van der Waals surface area contributed by atoms with Crippen molar-refractivity contribution in [3.63, 3.8) is 0 Å². The minimum absolute atomic E-state index is 0.0355. The summed E-state index contributed by atoms with van der Waals surface area (Å²) in [5, 5.41) is 0. The van der Waals surface area contributed by atoms with E-state index >= 15 is 0 Å². The molecule has 0 bridgehead atoms. The van der Waals surface area contributed by atoms with Crippen LogP contribution in [0.5, 0.6) is 0 Å². The van der Waals surface area contributed by atoms with Gasteiger partial charge in [0, 0.05) is 6.04 Å². The maximum atomic E-state index is 12.0. The smallest absolute Gasteiger partial charge is 0.208 e. The van der Waals surface area contributed by atoms with Gasteiger partial charge in [-0.1, -0.05) is 13.0 Å². The van der Waals surface area contributed by atoms with Crippen molar-refractivity contribution >= 4 is 10.0 Å². The second-order valence-electron chi connectivity index (χ2n) is 4.18. The van der Waals surface area contributed by atoms with Crippen molar-refractivity contribution in [1.29, 1.82) is 0 Å². The number of rotatable bonds is 4. The van der Waals surface area contributed by atoms with Gasteiger partial charge in [0.1, 0.15) is 0 Å². The maximum absolute atomic E-state index is 12.0. The van der Waals surface area contributed by atoms with Gasteiger partial charge < -0.3 is 0 Å². The van der Waals surface area contributed by atoms with Crippen LogP contribution in [0.1, 0.15) is 31.4 Å². The first-order chi connectivity index (χ1) is 7.36. The molecule has 1 unspecified atom stereocenters. The molecule has 0 amide bonds. The Bertz CT molecular complexity index is 466. The molecule has 4 heteroatoms. The Kier molecular flexibility index (Phi) is 4.10. The van der Waals surface area contributed by atoms with E-state index in [1.807, 2.05) is 33.8 Å². The van der Waals surface area contributed by atoms with Crippen molar-refractivity contribution < 1.29 is 8.42 Å². The molecule has 0 aliphatic carbocycles. The van der Waals surface area contributed by atoms with Crippen LogP contribution < -0.4 is 4.72 Å². The lowest BCUT2D eigenvalue weighted by Crippen LogP contribution is -2.32. The van der Waals surface area contributed by atoms with Crippen LogP contribution in [0.25, 0.3) is 0 Å². The maximum Gasteiger partial charge on any atom is 0.240 e. The van der Waals surface area contributed by atoms with Crippen LogP contribution in [0.15, 0.2) is 23.1 Å². The lowest BCUT2D eigenvalue weighted by atomic mass is 10.1. The zero-order valence-corrected chi connectivity index (χ0v) is 11.1. The summed E-state index contributed by atoms with van der Waals surface area (Å²) in [4.78, 5) is 0.343. The minimum Gasteiger partial charge on any atom is -0.208 e. The van der Waals surface area contributed by atoms with Crippen molar-refractivity contribution in [1.82, 2.24) is 4.72 Å². The number of aryl methyl sites for hydroxylation is 2. The zero-order valence-electron chi connectivity index (χ0n) is 10.2. The molecule has 3 nitrogen and oxygen atoms in total. The van der Waals surface area contributed by atoms with Crippen molar-refractivity contribution in [2.45, 2.75) is 45.1 Å². The predicted octanol–water partition coefficient (Wildman–Crippen LogP) is 2.38. The molecule has 0 spiro atoms. The molecule has 0 aliphatic rings. The first-order valence-electron chi connectivity index (χ1n) is 5.46. The predicted molar refractivity (Wildman–Crippen MR) is 66.0 cm³/mol. The van der Waals surface area contributed by atoms with E-state index in [-0.39, 0.29) is 6.04 Å². The third kappa shape index (κ3) is 3.06. The van der Waals surface area contributed by atoms with Crippen molar-refractivity contribution in [3.8, 4) is 0 Å². The van der Waals surface area contributed by atoms with E-state index in [0.717, 1.165) is 17.5 Å². The molecular weight excluding hydrogens is 222 g/mol. The van der Waals surface area contributed by atoms with Crippen LogP contribution in [0.4, 0.5) is 0 Å². The average molecular weight is 241 g/mol. The molecule has 0 heterocycles. The van der Waals surface area contributed by atoms with Gasteiger partial charge in [0.2, 0.25) is 10.0 Å². The first-order valence-corrected chi connectivity index (χ1v) is 6.94. The Hall–Kier alpha value is -0.870. The van der Waals surface area contributed by atoms with Crippen LogP contribution in [0.3, 0.4) is 0 Å². The zero-order chi connectivity index (χ0) is 12.3. The number of hydrogen-bond donors (Lipinski definition) is 1. The topological polar surface area (TPSA) is 46.2 Å². The average Bonchev–Trinajstić information content (AvgIpc) is 2.21. The van der Waals surface area contributed by atoms with Gasteiger partial charge in [0.15, 0.2) is 0 Å². The standard InChI is InChI=1S/C12H19NO2S/c1-5-11(4)13-16(14,15)12-7-6-9(2)10(3)8-12/h6-8,11,13H,5H2,1-4H3. The molecular formula is C12H19NO2S. The summed E-state index contributed by atoms with van der Waals surface area (Å²) in [7, 11) is -3.36. The highest BCUT2D eigenvalue weighted by Gasteiger charge is 2.16. The molecule has 1 N–H and O–H groups in total. The molecule has 1 aromatic carbocycles. The van der Waals surface area contributed by atoms with Gasteiger partial charge in [0.25, 0.3) is 0 Å². The molecule has 1 rings (SSSR count). The number of hydrogen-bond acceptors (Lipinski definition) is 2. The highest BCUT2D eigenvalue weighted by atomic mass is 32.2. The largest absolute Gasteiger partial charge is 0.240 e. The Balaban J connectivity index is 3.03. The summed E-state index contributed by atoms with van der Waals surface area (Å²) in [6, 6.07) is 5.15. The summed E-state index contributed by atoms with van der Waals surface area (Å²) in [5.41, 5.74) is 2.09. The molecule has 1 aromatic rings. The highest BCUT2D eigenvalue weighted by molar-refractivity contribution is 7.89. The Morgan fingerprint density at radius 3 is 2.38 bits per heavy atom. The SMILES string of the molecule is CCC(C)NS(=O)(=O)c1ccc(C)c(C)c1. The van der Waals surface area contributed by atoms with E-state index in [2.05, 4.69) is 4.72 Å². The van der Waals surface area contributed by atoms with Crippen molar-refractivity contribution in [2.24, 2.45) is 0 Å². The van der Waals surface area contributed by atoms with Crippen LogP contribution in [0, 0.1) is 13.8 Å². The third-order valence-electron chi connectivity index (χ3n) is 2.76. The fourth-order valence-corrected chi connectivity index (χ4v) is 2.71. The lowest BCUT2D eigenvalue weighted by molar-refractivity contribution is 0.556. The van der Waals surface area contributed by atoms with Gasteiger partial charge in [-0.05, 0) is 50.5 Å². The van der Waals surface area contributed by atoms with Gasteiger partial charge in [-0.15, -0.1) is 0 Å². The van der Waals surface area contributed by atoms with Crippen molar-refractivity contribution in [3.05, 3.63) is 29.3 Å². The van der Waals surface area contributed by atoms with Crippen LogP contribution in [-0.2, 0) is 10.0 Å². The first kappa shape index (κ1) is 13.2. The van der Waals surface area contributed by atoms with E-state index in [1.54, 1.807) is 12.1 Å². The van der Waals surface area contributed by atoms with E-state index in [0.29, 0.717) is 4.90 Å². The summed E-state index contributed by atoms with van der Waals surface area (Å²) in [6.45, 7) is 7.69. The molecule has 16 heavy (non-hydrogen) atoms. The molecule has 90 valence electrons. The van der Waals surface area contributed by atoms with Crippen LogP contribution in [0.2, 0.25) is 0 Å². The van der Waals surface area contributed by atoms with Crippen molar-refractivity contribution in [2.75, 3.05) is 0 Å². The van der Waals surface area contributed by atoms with Gasteiger partial charge >= 0.3 is 0 Å².